The van der Waals surface area contributed by atoms with E-state index >= 15 is 0 Å². The van der Waals surface area contributed by atoms with Gasteiger partial charge >= 0.3 is 11.9 Å². The van der Waals surface area contributed by atoms with Gasteiger partial charge in [-0.25, -0.2) is 9.48 Å². The number of ether oxygens (including phenoxy) is 2. The summed E-state index contributed by atoms with van der Waals surface area (Å²) in [7, 11) is 8.94. The summed E-state index contributed by atoms with van der Waals surface area (Å²) < 4.78 is 13.4. The first kappa shape index (κ1) is 57.6. The third-order valence-corrected chi connectivity index (χ3v) is 17.5. The first-order valence-corrected chi connectivity index (χ1v) is 28.3. The Morgan fingerprint density at radius 1 is 0.701 bits per heavy atom. The van der Waals surface area contributed by atoms with E-state index in [9.17, 15) is 34.2 Å². The Morgan fingerprint density at radius 2 is 1.26 bits per heavy atom. The largest absolute Gasteiger partial charge is 0.496 e. The molecule has 4 aliphatic carbocycles. The van der Waals surface area contributed by atoms with Crippen molar-refractivity contribution in [1.29, 1.82) is 0 Å². The van der Waals surface area contributed by atoms with Gasteiger partial charge in [-0.1, -0.05) is 19.9 Å². The van der Waals surface area contributed by atoms with E-state index < -0.39 is 23.4 Å². The molecule has 2 atom stereocenters. The second-order valence-electron chi connectivity index (χ2n) is 23.1. The van der Waals surface area contributed by atoms with E-state index in [-0.39, 0.29) is 41.8 Å². The van der Waals surface area contributed by atoms with Crippen LogP contribution in [-0.4, -0.2) is 230 Å². The molecule has 4 saturated carbocycles. The number of benzene rings is 2. The van der Waals surface area contributed by atoms with E-state index in [1.54, 1.807) is 35.9 Å². The van der Waals surface area contributed by atoms with E-state index in [4.69, 9.17) is 14.6 Å². The Bertz CT molecular complexity index is 2500. The van der Waals surface area contributed by atoms with Crippen molar-refractivity contribution in [3.8, 4) is 28.4 Å². The number of methoxy groups -OCH3 is 2. The number of aromatic nitrogens is 2. The SMILES string of the molecule is COc1cccc(OC)c1-c1cc(C(=O)NC2(C(=O)O)C3CC4CC(C3)CC2C4)nn1-c1ccc(C(=O)N(C)CCCN(C)CCCN(C)C(=O)CN2CCCN3CCN(CCCN(CC(=O)O)CC3)CC2)cc1C(C)C. The summed E-state index contributed by atoms with van der Waals surface area (Å²) in [4.78, 5) is 82.0. The Labute approximate surface area is 455 Å². The van der Waals surface area contributed by atoms with Crippen molar-refractivity contribution in [3.05, 3.63) is 59.3 Å². The van der Waals surface area contributed by atoms with Gasteiger partial charge in [0.15, 0.2) is 5.69 Å². The number of carbonyl (C=O) groups excluding carboxylic acids is 3. The highest BCUT2D eigenvalue weighted by Gasteiger charge is 2.62. The molecule has 3 amide bonds. The Morgan fingerprint density at radius 3 is 1.81 bits per heavy atom. The molecule has 6 fully saturated rings. The van der Waals surface area contributed by atoms with E-state index in [0.29, 0.717) is 65.5 Å². The van der Waals surface area contributed by atoms with Gasteiger partial charge < -0.3 is 49.5 Å². The number of likely N-dealkylation sites (N-methyl/N-ethyl adjacent to an activating group) is 1. The number of hydrogen-bond acceptors (Lipinski definition) is 13. The maximum Gasteiger partial charge on any atom is 0.330 e. The zero-order valence-corrected chi connectivity index (χ0v) is 46.9. The van der Waals surface area contributed by atoms with Crippen LogP contribution in [0.25, 0.3) is 16.9 Å². The van der Waals surface area contributed by atoms with Crippen LogP contribution in [0.5, 0.6) is 11.5 Å². The number of amides is 3. The molecule has 3 heterocycles. The van der Waals surface area contributed by atoms with Gasteiger partial charge in [0.05, 0.1) is 44.3 Å². The van der Waals surface area contributed by atoms with Crippen molar-refractivity contribution in [1.82, 2.24) is 49.4 Å². The summed E-state index contributed by atoms with van der Waals surface area (Å²) in [5.74, 6) is -0.570. The molecule has 6 bridgehead atoms. The lowest BCUT2D eigenvalue weighted by Crippen LogP contribution is -2.70. The highest BCUT2D eigenvalue weighted by molar-refractivity contribution is 5.98. The van der Waals surface area contributed by atoms with Crippen LogP contribution in [0.4, 0.5) is 0 Å². The van der Waals surface area contributed by atoms with Gasteiger partial charge in [-0.05, 0) is 169 Å². The highest BCUT2D eigenvalue weighted by atomic mass is 16.5. The average molecular weight is 1070 g/mol. The molecule has 3 N–H and O–H groups in total. The van der Waals surface area contributed by atoms with Gasteiger partial charge in [0.2, 0.25) is 5.91 Å². The number of nitrogens with zero attached hydrogens (tertiary/aromatic N) is 9. The van der Waals surface area contributed by atoms with Crippen LogP contribution in [-0.2, 0) is 14.4 Å². The van der Waals surface area contributed by atoms with E-state index in [1.165, 1.54) is 0 Å². The van der Waals surface area contributed by atoms with Gasteiger partial charge in [0.1, 0.15) is 17.0 Å². The minimum atomic E-state index is -1.35. The molecular weight excluding hydrogens is 981 g/mol. The van der Waals surface area contributed by atoms with Crippen LogP contribution in [0.1, 0.15) is 104 Å². The summed E-state index contributed by atoms with van der Waals surface area (Å²) in [5.41, 5.74) is 1.84. The maximum absolute atomic E-state index is 14.5. The zero-order chi connectivity index (χ0) is 55.0. The second-order valence-corrected chi connectivity index (χ2v) is 23.1. The monoisotopic (exact) mass is 1070 g/mol. The number of fused-ring (bicyclic) bond motifs is 3. The molecule has 2 aliphatic heterocycles. The predicted octanol–water partition coefficient (Wildman–Crippen LogP) is 5.03. The molecule has 6 aliphatic rings. The van der Waals surface area contributed by atoms with Gasteiger partial charge in [-0.3, -0.25) is 29.0 Å². The molecule has 0 radical (unpaired) electrons. The van der Waals surface area contributed by atoms with Crippen molar-refractivity contribution >= 4 is 29.7 Å². The molecule has 1 aromatic heterocycles. The first-order valence-electron chi connectivity index (χ1n) is 28.3. The molecule has 9 rings (SSSR count). The van der Waals surface area contributed by atoms with Gasteiger partial charge in [0.25, 0.3) is 11.8 Å². The summed E-state index contributed by atoms with van der Waals surface area (Å²) in [6.45, 7) is 16.2. The molecule has 2 saturated heterocycles. The van der Waals surface area contributed by atoms with Crippen LogP contribution < -0.4 is 14.8 Å². The van der Waals surface area contributed by atoms with Crippen LogP contribution in [0.15, 0.2) is 42.5 Å². The summed E-state index contributed by atoms with van der Waals surface area (Å²) in [6, 6.07) is 12.7. The first-order chi connectivity index (χ1) is 37.0. The van der Waals surface area contributed by atoms with Crippen LogP contribution in [0.2, 0.25) is 0 Å². The topological polar surface area (TPSA) is 197 Å². The molecular formula is C58H86N10O9. The van der Waals surface area contributed by atoms with E-state index in [0.717, 1.165) is 142 Å². The average Bonchev–Trinajstić information content (AvgIpc) is 3.91. The zero-order valence-electron chi connectivity index (χ0n) is 46.9. The van der Waals surface area contributed by atoms with Crippen molar-refractivity contribution in [3.63, 3.8) is 0 Å². The normalized spacial score (nSPS) is 24.9. The number of hydrogen-bond donors (Lipinski definition) is 3. The molecule has 19 nitrogen and oxygen atoms in total. The van der Waals surface area contributed by atoms with Gasteiger partial charge in [0, 0.05) is 78.6 Å². The minimum absolute atomic E-state index is 0.0605. The molecule has 422 valence electrons. The summed E-state index contributed by atoms with van der Waals surface area (Å²) >= 11 is 0. The number of carbonyl (C=O) groups is 5. The van der Waals surface area contributed by atoms with Crippen LogP contribution in [0.3, 0.4) is 0 Å². The lowest BCUT2D eigenvalue weighted by atomic mass is 9.48. The molecule has 0 spiro atoms. The third kappa shape index (κ3) is 13.6. The molecule has 2 unspecified atom stereocenters. The fraction of sp³-hybridized carbons (Fsp3) is 0.655. The maximum atomic E-state index is 14.5. The number of rotatable bonds is 21. The smallest absolute Gasteiger partial charge is 0.330 e. The standard InChI is InChI=1S/C58H86N10O9/c1-40(2)46-36-43(56(73)63(5)20-10-18-61(3)17-9-19-62(4)52(69)38-66-23-11-21-65-26-25-64(27-29-66)22-12-24-67(30-28-65)39-53(70)71)15-16-48(46)68-49(54-50(76-6)13-8-14-51(54)77-7)37-47(60-68)55(72)59-58(57(74)75)44-32-41-31-42(34-44)35-45(58)33-41/h8,13-16,36-37,40-42,44-45H,9-12,17-35,38-39H2,1-7H3,(H,59,72)(H,70,71)(H,74,75). The highest BCUT2D eigenvalue weighted by Crippen LogP contribution is 2.58. The Hall–Kier alpha value is -5.60. The Balaban J connectivity index is 0.864. The fourth-order valence-electron chi connectivity index (χ4n) is 13.4. The molecule has 19 heteroatoms. The minimum Gasteiger partial charge on any atom is -0.496 e. The van der Waals surface area contributed by atoms with E-state index in [2.05, 4.69) is 50.7 Å². The van der Waals surface area contributed by atoms with Crippen molar-refractivity contribution in [2.24, 2.45) is 23.7 Å². The van der Waals surface area contributed by atoms with Gasteiger partial charge in [-0.2, -0.15) is 5.10 Å². The summed E-state index contributed by atoms with van der Waals surface area (Å²) in [6.07, 6.45) is 7.85. The van der Waals surface area contributed by atoms with Crippen LogP contribution >= 0.6 is 0 Å². The quantitative estimate of drug-likeness (QED) is 0.128. The fourth-order valence-corrected chi connectivity index (χ4v) is 13.4. The molecule has 77 heavy (non-hydrogen) atoms. The lowest BCUT2D eigenvalue weighted by Gasteiger charge is -2.59. The van der Waals surface area contributed by atoms with Crippen molar-refractivity contribution in [2.45, 2.75) is 83.1 Å². The van der Waals surface area contributed by atoms with Gasteiger partial charge in [-0.15, -0.1) is 0 Å². The Kier molecular flexibility index (Phi) is 19.4. The number of nitrogens with one attached hydrogen (secondary N) is 1. The number of carboxylic acids is 2. The number of carboxylic acid groups (broad SMARTS) is 2. The summed E-state index contributed by atoms with van der Waals surface area (Å²) in [5, 5.41) is 28.3. The second kappa shape index (κ2) is 25.9. The third-order valence-electron chi connectivity index (χ3n) is 17.5. The predicted molar refractivity (Wildman–Crippen MR) is 295 cm³/mol. The van der Waals surface area contributed by atoms with E-state index in [1.807, 2.05) is 49.3 Å². The van der Waals surface area contributed by atoms with Crippen LogP contribution in [0, 0.1) is 23.7 Å². The lowest BCUT2D eigenvalue weighted by molar-refractivity contribution is -0.163. The van der Waals surface area contributed by atoms with Crippen molar-refractivity contribution < 1.29 is 43.7 Å². The molecule has 2 aromatic carbocycles. The number of aliphatic carboxylic acids is 2. The van der Waals surface area contributed by atoms with Crippen molar-refractivity contribution in [2.75, 3.05) is 140 Å². The molecule has 3 aromatic rings.